The molecule has 0 atom stereocenters. The summed E-state index contributed by atoms with van der Waals surface area (Å²) in [6.07, 6.45) is 1.96. The molecule has 0 aromatic carbocycles. The average Bonchev–Trinajstić information content (AvgIpc) is 2.27. The van der Waals surface area contributed by atoms with Crippen LogP contribution in [0.5, 0.6) is 0 Å². The third kappa shape index (κ3) is 1.19. The molecule has 0 aliphatic rings. The highest BCUT2D eigenvalue weighted by atomic mass is 32.1. The van der Waals surface area contributed by atoms with Gasteiger partial charge in [0.05, 0.1) is 6.20 Å². The SMILES string of the molecule is Cc1c[nH+]c2[nH]c(=S)sc2c1. The van der Waals surface area contributed by atoms with E-state index in [1.807, 2.05) is 6.20 Å². The van der Waals surface area contributed by atoms with Gasteiger partial charge in [0.1, 0.15) is 4.70 Å². The Bertz CT molecular complexity index is 441. The summed E-state index contributed by atoms with van der Waals surface area (Å²) in [5, 5.41) is 0. The van der Waals surface area contributed by atoms with Gasteiger partial charge in [-0.2, -0.15) is 0 Å². The highest BCUT2D eigenvalue weighted by molar-refractivity contribution is 7.73. The van der Waals surface area contributed by atoms with Gasteiger partial charge in [0.15, 0.2) is 0 Å². The molecule has 56 valence electrons. The number of fused-ring (bicyclic) bond motifs is 1. The molecule has 0 bridgehead atoms. The molecule has 0 saturated heterocycles. The fraction of sp³-hybridized carbons (Fsp3) is 0.143. The van der Waals surface area contributed by atoms with Crippen LogP contribution in [0.3, 0.4) is 0 Å². The summed E-state index contributed by atoms with van der Waals surface area (Å²) in [6.45, 7) is 2.05. The van der Waals surface area contributed by atoms with Gasteiger partial charge in [-0.15, -0.1) is 0 Å². The van der Waals surface area contributed by atoms with Gasteiger partial charge >= 0.3 is 0 Å². The quantitative estimate of drug-likeness (QED) is 0.623. The van der Waals surface area contributed by atoms with Crippen LogP contribution >= 0.6 is 23.6 Å². The van der Waals surface area contributed by atoms with Crippen molar-refractivity contribution in [2.75, 3.05) is 0 Å². The fourth-order valence-corrected chi connectivity index (χ4v) is 2.16. The normalized spacial score (nSPS) is 10.6. The number of H-pyrrole nitrogens is 2. The predicted octanol–water partition coefficient (Wildman–Crippen LogP) is 2.08. The first kappa shape index (κ1) is 6.94. The summed E-state index contributed by atoms with van der Waals surface area (Å²) in [7, 11) is 0. The summed E-state index contributed by atoms with van der Waals surface area (Å²) in [5.41, 5.74) is 2.24. The second kappa shape index (κ2) is 2.39. The number of aromatic amines is 2. The van der Waals surface area contributed by atoms with Crippen LogP contribution in [0.1, 0.15) is 5.56 Å². The number of pyridine rings is 1. The molecule has 2 N–H and O–H groups in total. The molecule has 2 nitrogen and oxygen atoms in total. The zero-order valence-electron chi connectivity index (χ0n) is 5.97. The maximum atomic E-state index is 5.00. The van der Waals surface area contributed by atoms with Crippen molar-refractivity contribution in [2.24, 2.45) is 0 Å². The number of hydrogen-bond acceptors (Lipinski definition) is 2. The van der Waals surface area contributed by atoms with Crippen molar-refractivity contribution in [1.29, 1.82) is 0 Å². The van der Waals surface area contributed by atoms with Crippen LogP contribution < -0.4 is 4.98 Å². The fourth-order valence-electron chi connectivity index (χ4n) is 0.983. The van der Waals surface area contributed by atoms with Crippen LogP contribution in [0.25, 0.3) is 10.3 Å². The molecule has 0 saturated carbocycles. The highest BCUT2D eigenvalue weighted by Gasteiger charge is 2.02. The van der Waals surface area contributed by atoms with E-state index >= 15 is 0 Å². The second-order valence-corrected chi connectivity index (χ2v) is 4.15. The molecule has 4 heteroatoms. The number of rotatable bonds is 0. The van der Waals surface area contributed by atoms with Crippen LogP contribution in [-0.2, 0) is 0 Å². The smallest absolute Gasteiger partial charge is 0.246 e. The molecule has 11 heavy (non-hydrogen) atoms. The zero-order valence-corrected chi connectivity index (χ0v) is 7.60. The predicted molar refractivity (Wildman–Crippen MR) is 48.3 cm³/mol. The first-order chi connectivity index (χ1) is 5.25. The van der Waals surface area contributed by atoms with E-state index in [0.29, 0.717) is 0 Å². The number of aromatic nitrogens is 2. The minimum Gasteiger partial charge on any atom is -0.246 e. The Morgan fingerprint density at radius 2 is 2.45 bits per heavy atom. The Hall–Kier alpha value is -0.740. The van der Waals surface area contributed by atoms with E-state index in [-0.39, 0.29) is 0 Å². The van der Waals surface area contributed by atoms with Crippen LogP contribution in [0.2, 0.25) is 0 Å². The maximum absolute atomic E-state index is 5.00. The van der Waals surface area contributed by atoms with E-state index in [9.17, 15) is 0 Å². The summed E-state index contributed by atoms with van der Waals surface area (Å²) in [6, 6.07) is 2.11. The molecule has 2 heterocycles. The summed E-state index contributed by atoms with van der Waals surface area (Å²) >= 11 is 6.59. The molecular weight excluding hydrogens is 176 g/mol. The van der Waals surface area contributed by atoms with Crippen molar-refractivity contribution in [3.05, 3.63) is 21.8 Å². The van der Waals surface area contributed by atoms with Crippen molar-refractivity contribution in [2.45, 2.75) is 6.92 Å². The lowest BCUT2D eigenvalue weighted by Gasteiger charge is -1.84. The molecular formula is C7H7N2S2+. The monoisotopic (exact) mass is 183 g/mol. The molecule has 0 fully saturated rings. The van der Waals surface area contributed by atoms with E-state index in [0.717, 1.165) is 9.60 Å². The lowest BCUT2D eigenvalue weighted by Crippen LogP contribution is -2.02. The lowest BCUT2D eigenvalue weighted by molar-refractivity contribution is -0.348. The van der Waals surface area contributed by atoms with E-state index in [2.05, 4.69) is 23.0 Å². The molecule has 0 amide bonds. The summed E-state index contributed by atoms with van der Waals surface area (Å²) in [4.78, 5) is 6.19. The molecule has 2 rings (SSSR count). The molecule has 0 aliphatic carbocycles. The Morgan fingerprint density at radius 3 is 3.27 bits per heavy atom. The van der Waals surface area contributed by atoms with Crippen LogP contribution in [0, 0.1) is 10.9 Å². The van der Waals surface area contributed by atoms with Gasteiger partial charge in [-0.25, -0.2) is 9.97 Å². The van der Waals surface area contributed by atoms with Gasteiger partial charge in [-0.05, 0) is 30.8 Å². The number of nitrogens with one attached hydrogen (secondary N) is 2. The molecule has 0 radical (unpaired) electrons. The van der Waals surface area contributed by atoms with Gasteiger partial charge in [-0.1, -0.05) is 11.3 Å². The minimum atomic E-state index is 0.821. The minimum absolute atomic E-state index is 0.821. The van der Waals surface area contributed by atoms with E-state index < -0.39 is 0 Å². The molecule has 0 unspecified atom stereocenters. The molecule has 2 aromatic rings. The van der Waals surface area contributed by atoms with Crippen molar-refractivity contribution < 1.29 is 4.98 Å². The van der Waals surface area contributed by atoms with Gasteiger partial charge < -0.3 is 0 Å². The zero-order chi connectivity index (χ0) is 7.84. The van der Waals surface area contributed by atoms with E-state index in [1.165, 1.54) is 10.3 Å². The highest BCUT2D eigenvalue weighted by Crippen LogP contribution is 2.15. The molecule has 2 aromatic heterocycles. The third-order valence-electron chi connectivity index (χ3n) is 1.48. The average molecular weight is 183 g/mol. The van der Waals surface area contributed by atoms with Gasteiger partial charge in [0.2, 0.25) is 3.95 Å². The first-order valence-corrected chi connectivity index (χ1v) is 4.49. The van der Waals surface area contributed by atoms with Crippen LogP contribution in [-0.4, -0.2) is 4.98 Å². The second-order valence-electron chi connectivity index (χ2n) is 2.43. The number of thiazole rings is 1. The lowest BCUT2D eigenvalue weighted by atomic mass is 10.3. The topological polar surface area (TPSA) is 29.9 Å². The van der Waals surface area contributed by atoms with Crippen molar-refractivity contribution in [3.63, 3.8) is 0 Å². The van der Waals surface area contributed by atoms with E-state index in [1.54, 1.807) is 11.3 Å². The van der Waals surface area contributed by atoms with Crippen molar-refractivity contribution >= 4 is 33.9 Å². The van der Waals surface area contributed by atoms with Crippen molar-refractivity contribution in [1.82, 2.24) is 4.98 Å². The standard InChI is InChI=1S/C7H6N2S2/c1-4-2-5-6(8-3-4)9-7(10)11-5/h2-3H,1H3,(H,8,9,10)/p+1. The molecule has 0 spiro atoms. The Morgan fingerprint density at radius 1 is 1.64 bits per heavy atom. The van der Waals surface area contributed by atoms with Gasteiger partial charge in [0.25, 0.3) is 5.65 Å². The van der Waals surface area contributed by atoms with Crippen molar-refractivity contribution in [3.8, 4) is 0 Å². The molecule has 0 aliphatic heterocycles. The van der Waals surface area contributed by atoms with Gasteiger partial charge in [-0.3, -0.25) is 0 Å². The number of aryl methyl sites for hydroxylation is 1. The maximum Gasteiger partial charge on any atom is 0.296 e. The Kier molecular flexibility index (Phi) is 1.51. The van der Waals surface area contributed by atoms with E-state index in [4.69, 9.17) is 12.2 Å². The largest absolute Gasteiger partial charge is 0.296 e. The first-order valence-electron chi connectivity index (χ1n) is 3.27. The van der Waals surface area contributed by atoms with Crippen LogP contribution in [0.4, 0.5) is 0 Å². The number of hydrogen-bond donors (Lipinski definition) is 1. The summed E-state index contributed by atoms with van der Waals surface area (Å²) < 4.78 is 2.01. The van der Waals surface area contributed by atoms with Gasteiger partial charge in [0, 0.05) is 0 Å². The van der Waals surface area contributed by atoms with Crippen LogP contribution in [0.15, 0.2) is 12.3 Å². The summed E-state index contributed by atoms with van der Waals surface area (Å²) in [5.74, 6) is 0. The third-order valence-corrected chi connectivity index (χ3v) is 2.66. The Balaban J connectivity index is 2.92. The Labute approximate surface area is 72.9 Å².